The molecule has 4 nitrogen and oxygen atoms in total. The van der Waals surface area contributed by atoms with Crippen molar-refractivity contribution in [3.8, 4) is 0 Å². The molecule has 0 amide bonds. The lowest BCUT2D eigenvalue weighted by molar-refractivity contribution is 0.190. The molecule has 1 heterocycles. The molecule has 2 rings (SSSR count). The summed E-state index contributed by atoms with van der Waals surface area (Å²) in [4.78, 5) is 0. The smallest absolute Gasteiger partial charge is 0.258 e. The van der Waals surface area contributed by atoms with Crippen LogP contribution in [0.25, 0.3) is 0 Å². The Bertz CT molecular complexity index is 296. The Balaban J connectivity index is 2.18. The maximum atomic E-state index is 10.9. The Kier molecular flexibility index (Phi) is 1.94. The van der Waals surface area contributed by atoms with Gasteiger partial charge in [-0.25, -0.2) is 0 Å². The molecule has 1 N–H and O–H groups in total. The summed E-state index contributed by atoms with van der Waals surface area (Å²) in [5.41, 5.74) is 0. The van der Waals surface area contributed by atoms with Gasteiger partial charge in [0, 0.05) is 12.0 Å². The van der Waals surface area contributed by atoms with Crippen LogP contribution in [-0.2, 0) is 14.5 Å². The van der Waals surface area contributed by atoms with Crippen molar-refractivity contribution in [1.82, 2.24) is 4.72 Å². The van der Waals surface area contributed by atoms with Crippen LogP contribution in [0.15, 0.2) is 12.2 Å². The first-order valence-corrected chi connectivity index (χ1v) is 5.41. The lowest BCUT2D eigenvalue weighted by Crippen LogP contribution is -2.47. The zero-order chi connectivity index (χ0) is 8.60. The van der Waals surface area contributed by atoms with Crippen molar-refractivity contribution in [3.63, 3.8) is 0 Å². The molecule has 1 unspecified atom stereocenters. The second kappa shape index (κ2) is 2.83. The van der Waals surface area contributed by atoms with Crippen molar-refractivity contribution < 1.29 is 12.6 Å². The number of fused-ring (bicyclic) bond motifs is 1. The molecule has 1 aliphatic heterocycles. The Morgan fingerprint density at radius 1 is 1.50 bits per heavy atom. The van der Waals surface area contributed by atoms with E-state index < -0.39 is 10.3 Å². The maximum absolute atomic E-state index is 10.9. The van der Waals surface area contributed by atoms with Crippen molar-refractivity contribution >= 4 is 10.3 Å². The standard InChI is InChI=1S/C7H11NO3S/c9-12(10)8-7-4-2-1-3-6(7)5-11-12/h2,4,6-8H,1,3,5H2/t6-,7?/m0/s1. The minimum absolute atomic E-state index is 0.0440. The summed E-state index contributed by atoms with van der Waals surface area (Å²) < 4.78 is 29.0. The molecular weight excluding hydrogens is 178 g/mol. The predicted molar refractivity (Wildman–Crippen MR) is 43.7 cm³/mol. The Hall–Kier alpha value is -0.390. The van der Waals surface area contributed by atoms with E-state index in [2.05, 4.69) is 8.91 Å². The average Bonchev–Trinajstić information content (AvgIpc) is 2.02. The van der Waals surface area contributed by atoms with Crippen LogP contribution in [0.5, 0.6) is 0 Å². The molecule has 0 aromatic rings. The van der Waals surface area contributed by atoms with Crippen molar-refractivity contribution in [3.05, 3.63) is 12.2 Å². The zero-order valence-corrected chi connectivity index (χ0v) is 7.38. The highest BCUT2D eigenvalue weighted by molar-refractivity contribution is 7.84. The van der Waals surface area contributed by atoms with Crippen molar-refractivity contribution in [2.75, 3.05) is 6.61 Å². The normalized spacial score (nSPS) is 39.0. The van der Waals surface area contributed by atoms with Crippen LogP contribution < -0.4 is 4.72 Å². The highest BCUT2D eigenvalue weighted by Crippen LogP contribution is 2.23. The van der Waals surface area contributed by atoms with Gasteiger partial charge in [0.15, 0.2) is 0 Å². The lowest BCUT2D eigenvalue weighted by atomic mass is 9.91. The lowest BCUT2D eigenvalue weighted by Gasteiger charge is -2.31. The quantitative estimate of drug-likeness (QED) is 0.553. The van der Waals surface area contributed by atoms with E-state index in [0.29, 0.717) is 12.5 Å². The third-order valence-electron chi connectivity index (χ3n) is 2.27. The topological polar surface area (TPSA) is 55.4 Å². The summed E-state index contributed by atoms with van der Waals surface area (Å²) in [5, 5.41) is 0. The number of hydrogen-bond donors (Lipinski definition) is 1. The van der Waals surface area contributed by atoms with E-state index in [1.165, 1.54) is 0 Å². The van der Waals surface area contributed by atoms with Crippen LogP contribution in [0.1, 0.15) is 12.8 Å². The first-order valence-electron chi connectivity index (χ1n) is 4.01. The van der Waals surface area contributed by atoms with Gasteiger partial charge in [-0.05, 0) is 12.8 Å². The van der Waals surface area contributed by atoms with E-state index in [1.807, 2.05) is 12.2 Å². The van der Waals surface area contributed by atoms with Gasteiger partial charge in [0.1, 0.15) is 0 Å². The van der Waals surface area contributed by atoms with Crippen LogP contribution >= 0.6 is 0 Å². The van der Waals surface area contributed by atoms with Gasteiger partial charge in [0.2, 0.25) is 0 Å². The number of rotatable bonds is 0. The fraction of sp³-hybridized carbons (Fsp3) is 0.714. The van der Waals surface area contributed by atoms with E-state index in [9.17, 15) is 8.42 Å². The van der Waals surface area contributed by atoms with Crippen LogP contribution in [0.3, 0.4) is 0 Å². The number of nitrogens with one attached hydrogen (secondary N) is 1. The van der Waals surface area contributed by atoms with Crippen molar-refractivity contribution in [2.45, 2.75) is 18.9 Å². The summed E-state index contributed by atoms with van der Waals surface area (Å²) in [6.45, 7) is 0.324. The first kappa shape index (κ1) is 8.22. The Morgan fingerprint density at radius 2 is 2.33 bits per heavy atom. The Labute approximate surface area is 71.9 Å². The highest BCUT2D eigenvalue weighted by Gasteiger charge is 2.32. The number of hydrogen-bond acceptors (Lipinski definition) is 3. The summed E-state index contributed by atoms with van der Waals surface area (Å²) in [6.07, 6.45) is 5.94. The van der Waals surface area contributed by atoms with E-state index in [-0.39, 0.29) is 6.04 Å². The minimum atomic E-state index is -3.45. The molecule has 0 bridgehead atoms. The van der Waals surface area contributed by atoms with Crippen molar-refractivity contribution in [2.24, 2.45) is 5.92 Å². The molecule has 0 aromatic carbocycles. The molecule has 0 spiro atoms. The van der Waals surface area contributed by atoms with Gasteiger partial charge in [-0.2, -0.15) is 13.1 Å². The van der Waals surface area contributed by atoms with E-state index in [1.54, 1.807) is 0 Å². The summed E-state index contributed by atoms with van der Waals surface area (Å²) in [6, 6.07) is -0.0440. The van der Waals surface area contributed by atoms with Gasteiger partial charge in [0.05, 0.1) is 6.61 Å². The highest BCUT2D eigenvalue weighted by atomic mass is 32.2. The van der Waals surface area contributed by atoms with Gasteiger partial charge in [0.25, 0.3) is 0 Å². The van der Waals surface area contributed by atoms with Gasteiger partial charge < -0.3 is 0 Å². The average molecular weight is 189 g/mol. The third-order valence-corrected chi connectivity index (χ3v) is 3.28. The van der Waals surface area contributed by atoms with Gasteiger partial charge >= 0.3 is 10.3 Å². The Morgan fingerprint density at radius 3 is 3.17 bits per heavy atom. The molecule has 2 aliphatic rings. The molecule has 12 heavy (non-hydrogen) atoms. The summed E-state index contributed by atoms with van der Waals surface area (Å²) in [7, 11) is -3.45. The van der Waals surface area contributed by atoms with Crippen LogP contribution in [0.4, 0.5) is 0 Å². The summed E-state index contributed by atoms with van der Waals surface area (Å²) in [5.74, 6) is 0.318. The SMILES string of the molecule is O=S1(=O)NC2C=CCC[C@H]2CO1. The molecule has 0 saturated carbocycles. The molecule has 5 heteroatoms. The molecular formula is C7H11NO3S. The number of allylic oxidation sites excluding steroid dienone is 1. The largest absolute Gasteiger partial charge is 0.336 e. The molecule has 2 atom stereocenters. The van der Waals surface area contributed by atoms with E-state index in [0.717, 1.165) is 12.8 Å². The maximum Gasteiger partial charge on any atom is 0.336 e. The minimum Gasteiger partial charge on any atom is -0.258 e. The van der Waals surface area contributed by atoms with Crippen LogP contribution in [0.2, 0.25) is 0 Å². The zero-order valence-electron chi connectivity index (χ0n) is 6.56. The van der Waals surface area contributed by atoms with E-state index in [4.69, 9.17) is 0 Å². The van der Waals surface area contributed by atoms with Gasteiger partial charge in [-0.3, -0.25) is 4.18 Å². The molecule has 1 aliphatic carbocycles. The molecule has 0 aromatic heterocycles. The first-order chi connectivity index (χ1) is 5.67. The fourth-order valence-corrected chi connectivity index (χ4v) is 2.62. The molecule has 1 fully saturated rings. The molecule has 68 valence electrons. The summed E-state index contributed by atoms with van der Waals surface area (Å²) >= 11 is 0. The third kappa shape index (κ3) is 1.53. The monoisotopic (exact) mass is 189 g/mol. The molecule has 0 radical (unpaired) electrons. The molecule has 1 saturated heterocycles. The van der Waals surface area contributed by atoms with Gasteiger partial charge in [-0.1, -0.05) is 12.2 Å². The van der Waals surface area contributed by atoms with Gasteiger partial charge in [-0.15, -0.1) is 0 Å². The van der Waals surface area contributed by atoms with Crippen LogP contribution in [0, 0.1) is 5.92 Å². The second-order valence-electron chi connectivity index (χ2n) is 3.15. The van der Waals surface area contributed by atoms with E-state index >= 15 is 0 Å². The van der Waals surface area contributed by atoms with Crippen LogP contribution in [-0.4, -0.2) is 21.1 Å². The predicted octanol–water partition coefficient (Wildman–Crippen LogP) is 0.186. The van der Waals surface area contributed by atoms with Crippen molar-refractivity contribution in [1.29, 1.82) is 0 Å². The fourth-order valence-electron chi connectivity index (χ4n) is 1.59. The second-order valence-corrected chi connectivity index (χ2v) is 4.53.